The van der Waals surface area contributed by atoms with Crippen molar-refractivity contribution in [2.45, 2.75) is 19.9 Å². The SMILES string of the molecule is Cc1ccc(=O)n(CCC(=O)Nc2ccc(N)cc2)c1. The van der Waals surface area contributed by atoms with Crippen molar-refractivity contribution in [1.82, 2.24) is 4.57 Å². The topological polar surface area (TPSA) is 77.1 Å². The molecule has 1 amide bonds. The van der Waals surface area contributed by atoms with Gasteiger partial charge in [-0.2, -0.15) is 0 Å². The third-order valence-corrected chi connectivity index (χ3v) is 2.91. The molecule has 3 N–H and O–H groups in total. The van der Waals surface area contributed by atoms with E-state index in [9.17, 15) is 9.59 Å². The predicted octanol–water partition coefficient (Wildman–Crippen LogP) is 1.77. The van der Waals surface area contributed by atoms with Crippen molar-refractivity contribution >= 4 is 17.3 Å². The van der Waals surface area contributed by atoms with Crippen LogP contribution in [0.4, 0.5) is 11.4 Å². The molecule has 0 spiro atoms. The summed E-state index contributed by atoms with van der Waals surface area (Å²) >= 11 is 0. The highest BCUT2D eigenvalue weighted by Crippen LogP contribution is 2.10. The first-order valence-electron chi connectivity index (χ1n) is 6.37. The molecule has 0 aliphatic rings. The molecular formula is C15H17N3O2. The second-order valence-corrected chi connectivity index (χ2v) is 4.66. The maximum atomic E-state index is 11.8. The maximum Gasteiger partial charge on any atom is 0.250 e. The number of nitrogen functional groups attached to an aromatic ring is 1. The van der Waals surface area contributed by atoms with Crippen molar-refractivity contribution in [1.29, 1.82) is 0 Å². The number of nitrogens with two attached hydrogens (primary N) is 1. The van der Waals surface area contributed by atoms with E-state index in [1.54, 1.807) is 36.5 Å². The van der Waals surface area contributed by atoms with E-state index < -0.39 is 0 Å². The van der Waals surface area contributed by atoms with Gasteiger partial charge in [-0.25, -0.2) is 0 Å². The summed E-state index contributed by atoms with van der Waals surface area (Å²) < 4.78 is 1.54. The Bertz CT molecular complexity index is 660. The smallest absolute Gasteiger partial charge is 0.250 e. The lowest BCUT2D eigenvalue weighted by atomic mass is 10.2. The molecule has 0 saturated carbocycles. The number of carbonyl (C=O) groups is 1. The third-order valence-electron chi connectivity index (χ3n) is 2.91. The van der Waals surface area contributed by atoms with Crippen LogP contribution in [0, 0.1) is 6.92 Å². The molecule has 2 rings (SSSR count). The molecule has 0 aliphatic carbocycles. The number of pyridine rings is 1. The minimum Gasteiger partial charge on any atom is -0.399 e. The molecule has 0 bridgehead atoms. The summed E-state index contributed by atoms with van der Waals surface area (Å²) in [6.45, 7) is 2.27. The molecule has 20 heavy (non-hydrogen) atoms. The Morgan fingerprint density at radius 3 is 2.60 bits per heavy atom. The van der Waals surface area contributed by atoms with E-state index in [4.69, 9.17) is 5.73 Å². The van der Waals surface area contributed by atoms with Crippen LogP contribution in [0.5, 0.6) is 0 Å². The Kier molecular flexibility index (Phi) is 4.20. The number of rotatable bonds is 4. The van der Waals surface area contributed by atoms with Crippen LogP contribution >= 0.6 is 0 Å². The number of carbonyl (C=O) groups excluding carboxylic acids is 1. The van der Waals surface area contributed by atoms with Crippen LogP contribution in [0.2, 0.25) is 0 Å². The van der Waals surface area contributed by atoms with E-state index >= 15 is 0 Å². The number of benzene rings is 1. The molecule has 0 atom stereocenters. The van der Waals surface area contributed by atoms with Gasteiger partial charge >= 0.3 is 0 Å². The van der Waals surface area contributed by atoms with Gasteiger partial charge in [-0.1, -0.05) is 6.07 Å². The average Bonchev–Trinajstić information content (AvgIpc) is 2.42. The summed E-state index contributed by atoms with van der Waals surface area (Å²) in [4.78, 5) is 23.4. The van der Waals surface area contributed by atoms with Crippen molar-refractivity contribution in [3.05, 3.63) is 58.5 Å². The molecule has 1 heterocycles. The number of hydrogen-bond acceptors (Lipinski definition) is 3. The Morgan fingerprint density at radius 2 is 1.90 bits per heavy atom. The molecule has 0 radical (unpaired) electrons. The second-order valence-electron chi connectivity index (χ2n) is 4.66. The van der Waals surface area contributed by atoms with Crippen LogP contribution in [0.25, 0.3) is 0 Å². The van der Waals surface area contributed by atoms with Crippen LogP contribution < -0.4 is 16.6 Å². The second kappa shape index (κ2) is 6.06. The fraction of sp³-hybridized carbons (Fsp3) is 0.200. The van der Waals surface area contributed by atoms with E-state index in [1.807, 2.05) is 6.92 Å². The number of aromatic nitrogens is 1. The molecule has 5 nitrogen and oxygen atoms in total. The lowest BCUT2D eigenvalue weighted by Crippen LogP contribution is -2.22. The number of anilines is 2. The summed E-state index contributed by atoms with van der Waals surface area (Å²) in [5.41, 5.74) is 7.80. The summed E-state index contributed by atoms with van der Waals surface area (Å²) in [5, 5.41) is 2.76. The van der Waals surface area contributed by atoms with Crippen molar-refractivity contribution < 1.29 is 4.79 Å². The molecule has 0 aliphatic heterocycles. The summed E-state index contributed by atoms with van der Waals surface area (Å²) in [6, 6.07) is 10.2. The minimum atomic E-state index is -0.136. The van der Waals surface area contributed by atoms with Gasteiger partial charge in [0.05, 0.1) is 0 Å². The normalized spacial score (nSPS) is 10.2. The predicted molar refractivity (Wildman–Crippen MR) is 79.5 cm³/mol. The monoisotopic (exact) mass is 271 g/mol. The first-order chi connectivity index (χ1) is 9.54. The molecular weight excluding hydrogens is 254 g/mol. The third kappa shape index (κ3) is 3.71. The zero-order valence-corrected chi connectivity index (χ0v) is 11.3. The fourth-order valence-electron chi connectivity index (χ4n) is 1.84. The van der Waals surface area contributed by atoms with Gasteiger partial charge in [0, 0.05) is 36.6 Å². The Balaban J connectivity index is 1.93. The number of amides is 1. The summed E-state index contributed by atoms with van der Waals surface area (Å²) in [6.07, 6.45) is 1.99. The fourth-order valence-corrected chi connectivity index (χ4v) is 1.84. The zero-order valence-electron chi connectivity index (χ0n) is 11.3. The van der Waals surface area contributed by atoms with Gasteiger partial charge in [-0.3, -0.25) is 9.59 Å². The van der Waals surface area contributed by atoms with Gasteiger partial charge in [0.2, 0.25) is 5.91 Å². The maximum absolute atomic E-state index is 11.8. The number of nitrogens with zero attached hydrogens (tertiary/aromatic N) is 1. The number of nitrogens with one attached hydrogen (secondary N) is 1. The lowest BCUT2D eigenvalue weighted by Gasteiger charge is -2.08. The van der Waals surface area contributed by atoms with Gasteiger partial charge in [-0.05, 0) is 36.8 Å². The highest BCUT2D eigenvalue weighted by atomic mass is 16.1. The van der Waals surface area contributed by atoms with E-state index in [1.165, 1.54) is 10.6 Å². The van der Waals surface area contributed by atoms with E-state index in [-0.39, 0.29) is 17.9 Å². The molecule has 0 saturated heterocycles. The first kappa shape index (κ1) is 13.9. The molecule has 0 unspecified atom stereocenters. The van der Waals surface area contributed by atoms with Crippen molar-refractivity contribution in [3.8, 4) is 0 Å². The van der Waals surface area contributed by atoms with Gasteiger partial charge in [-0.15, -0.1) is 0 Å². The summed E-state index contributed by atoms with van der Waals surface area (Å²) in [7, 11) is 0. The first-order valence-corrected chi connectivity index (χ1v) is 6.37. The van der Waals surface area contributed by atoms with E-state index in [0.29, 0.717) is 17.9 Å². The Morgan fingerprint density at radius 1 is 1.20 bits per heavy atom. The van der Waals surface area contributed by atoms with Crippen molar-refractivity contribution in [2.75, 3.05) is 11.1 Å². The van der Waals surface area contributed by atoms with Gasteiger partial charge in [0.1, 0.15) is 0 Å². The van der Waals surface area contributed by atoms with Crippen molar-refractivity contribution in [3.63, 3.8) is 0 Å². The van der Waals surface area contributed by atoms with Gasteiger partial charge in [0.25, 0.3) is 5.56 Å². The van der Waals surface area contributed by atoms with Gasteiger partial charge < -0.3 is 15.6 Å². The highest BCUT2D eigenvalue weighted by molar-refractivity contribution is 5.90. The number of aryl methyl sites for hydroxylation is 2. The van der Waals surface area contributed by atoms with E-state index in [0.717, 1.165) is 5.56 Å². The van der Waals surface area contributed by atoms with Crippen LogP contribution in [0.1, 0.15) is 12.0 Å². The average molecular weight is 271 g/mol. The van der Waals surface area contributed by atoms with Crippen LogP contribution in [-0.2, 0) is 11.3 Å². The minimum absolute atomic E-state index is 0.101. The Hall–Kier alpha value is -2.56. The summed E-state index contributed by atoms with van der Waals surface area (Å²) in [5.74, 6) is -0.136. The molecule has 1 aromatic heterocycles. The van der Waals surface area contributed by atoms with E-state index in [2.05, 4.69) is 5.32 Å². The van der Waals surface area contributed by atoms with Crippen molar-refractivity contribution in [2.24, 2.45) is 0 Å². The highest BCUT2D eigenvalue weighted by Gasteiger charge is 2.04. The lowest BCUT2D eigenvalue weighted by molar-refractivity contribution is -0.116. The molecule has 5 heteroatoms. The molecule has 2 aromatic rings. The van der Waals surface area contributed by atoms with Gasteiger partial charge in [0.15, 0.2) is 0 Å². The largest absolute Gasteiger partial charge is 0.399 e. The molecule has 0 fully saturated rings. The molecule has 1 aromatic carbocycles. The van der Waals surface area contributed by atoms with Crippen LogP contribution in [0.15, 0.2) is 47.4 Å². The van der Waals surface area contributed by atoms with Crippen LogP contribution in [-0.4, -0.2) is 10.5 Å². The standard InChI is InChI=1S/C15H17N3O2/c1-11-2-7-15(20)18(10-11)9-8-14(19)17-13-5-3-12(16)4-6-13/h2-7,10H,8-9,16H2,1H3,(H,17,19). The number of hydrogen-bond donors (Lipinski definition) is 2. The Labute approximate surface area is 117 Å². The quantitative estimate of drug-likeness (QED) is 0.832. The van der Waals surface area contributed by atoms with Crippen LogP contribution in [0.3, 0.4) is 0 Å². The zero-order chi connectivity index (χ0) is 14.5. The molecule has 104 valence electrons.